The highest BCUT2D eigenvalue weighted by Crippen LogP contribution is 2.32. The fourth-order valence-electron chi connectivity index (χ4n) is 1.61. The molecule has 0 spiro atoms. The van der Waals surface area contributed by atoms with Crippen molar-refractivity contribution in [2.24, 2.45) is 11.7 Å². The summed E-state index contributed by atoms with van der Waals surface area (Å²) in [5.74, 6) is -0.530. The van der Waals surface area contributed by atoms with Gasteiger partial charge in [0.1, 0.15) is 6.10 Å². The van der Waals surface area contributed by atoms with Gasteiger partial charge in [0.05, 0.1) is 11.6 Å². The van der Waals surface area contributed by atoms with E-state index in [-0.39, 0.29) is 17.9 Å². The van der Waals surface area contributed by atoms with Gasteiger partial charge in [0.15, 0.2) is 0 Å². The van der Waals surface area contributed by atoms with E-state index in [9.17, 15) is 4.79 Å². The van der Waals surface area contributed by atoms with E-state index in [1.165, 1.54) is 0 Å². The Hall–Kier alpha value is -1.36. The molecule has 2 heterocycles. The molecule has 0 radical (unpaired) electrons. The molecule has 1 aromatic heterocycles. The summed E-state index contributed by atoms with van der Waals surface area (Å²) >= 11 is 0. The topological polar surface area (TPSA) is 81.0 Å². The summed E-state index contributed by atoms with van der Waals surface area (Å²) in [6.07, 6.45) is 2.09. The van der Waals surface area contributed by atoms with Crippen molar-refractivity contribution in [3.63, 3.8) is 0 Å². The Morgan fingerprint density at radius 1 is 1.77 bits per heavy atom. The molecule has 0 aromatic carbocycles. The summed E-state index contributed by atoms with van der Waals surface area (Å²) in [5.41, 5.74) is 6.06. The Morgan fingerprint density at radius 2 is 2.62 bits per heavy atom. The van der Waals surface area contributed by atoms with Crippen LogP contribution in [0.4, 0.5) is 0 Å². The van der Waals surface area contributed by atoms with Gasteiger partial charge in [-0.3, -0.25) is 9.89 Å². The van der Waals surface area contributed by atoms with Crippen molar-refractivity contribution in [2.45, 2.75) is 12.5 Å². The molecule has 2 atom stereocenters. The van der Waals surface area contributed by atoms with Crippen LogP contribution >= 0.6 is 0 Å². The van der Waals surface area contributed by atoms with Crippen LogP contribution in [-0.2, 0) is 9.53 Å². The molecule has 0 saturated carbocycles. The third-order valence-corrected chi connectivity index (χ3v) is 2.29. The van der Waals surface area contributed by atoms with Crippen molar-refractivity contribution in [1.29, 1.82) is 0 Å². The van der Waals surface area contributed by atoms with E-state index in [2.05, 4.69) is 10.2 Å². The number of carbonyl (C=O) groups is 1. The molecule has 0 bridgehead atoms. The van der Waals surface area contributed by atoms with Crippen LogP contribution in [0, 0.1) is 5.92 Å². The van der Waals surface area contributed by atoms with Gasteiger partial charge in [0.2, 0.25) is 5.91 Å². The number of amides is 1. The zero-order valence-corrected chi connectivity index (χ0v) is 7.06. The van der Waals surface area contributed by atoms with Gasteiger partial charge < -0.3 is 10.5 Å². The molecule has 1 aliphatic heterocycles. The Kier molecular flexibility index (Phi) is 2.02. The van der Waals surface area contributed by atoms with Crippen molar-refractivity contribution in [1.82, 2.24) is 10.2 Å². The predicted molar refractivity (Wildman–Crippen MR) is 44.6 cm³/mol. The number of rotatable bonds is 2. The molecule has 13 heavy (non-hydrogen) atoms. The van der Waals surface area contributed by atoms with Crippen LogP contribution in [0.3, 0.4) is 0 Å². The van der Waals surface area contributed by atoms with E-state index in [1.807, 2.05) is 0 Å². The minimum Gasteiger partial charge on any atom is -0.371 e. The predicted octanol–water partition coefficient (Wildman–Crippen LogP) is -0.0274. The summed E-state index contributed by atoms with van der Waals surface area (Å²) in [6.45, 7) is 0.581. The smallest absolute Gasteiger partial charge is 0.223 e. The molecule has 0 aliphatic carbocycles. The third-order valence-electron chi connectivity index (χ3n) is 2.29. The molecular formula is C8H11N3O2. The van der Waals surface area contributed by atoms with Gasteiger partial charge in [-0.15, -0.1) is 0 Å². The van der Waals surface area contributed by atoms with Gasteiger partial charge >= 0.3 is 0 Å². The summed E-state index contributed by atoms with van der Waals surface area (Å²) < 4.78 is 5.40. The van der Waals surface area contributed by atoms with Crippen LogP contribution in [0.1, 0.15) is 18.2 Å². The highest BCUT2D eigenvalue weighted by molar-refractivity contribution is 5.77. The van der Waals surface area contributed by atoms with Gasteiger partial charge in [-0.1, -0.05) is 0 Å². The molecule has 1 amide bonds. The summed E-state index contributed by atoms with van der Waals surface area (Å²) in [4.78, 5) is 11.0. The lowest BCUT2D eigenvalue weighted by molar-refractivity contribution is -0.123. The van der Waals surface area contributed by atoms with Crippen molar-refractivity contribution in [2.75, 3.05) is 6.61 Å². The number of hydrogen-bond donors (Lipinski definition) is 2. The fraction of sp³-hybridized carbons (Fsp3) is 0.500. The van der Waals surface area contributed by atoms with E-state index in [4.69, 9.17) is 10.5 Å². The normalized spacial score (nSPS) is 27.7. The standard InChI is InChI=1S/C8H11N3O2/c9-8(12)5-2-4-13-7(5)6-1-3-10-11-6/h1,3,5,7H,2,4H2,(H2,9,12)(H,10,11)/t5-,7-/m1/s1. The summed E-state index contributed by atoms with van der Waals surface area (Å²) in [6, 6.07) is 1.80. The first kappa shape index (κ1) is 8.25. The number of nitrogens with two attached hydrogens (primary N) is 1. The number of nitrogens with one attached hydrogen (secondary N) is 1. The second kappa shape index (κ2) is 3.18. The first-order valence-corrected chi connectivity index (χ1v) is 4.19. The molecule has 1 aliphatic rings. The first-order valence-electron chi connectivity index (χ1n) is 4.19. The third kappa shape index (κ3) is 1.42. The number of aromatic nitrogens is 2. The number of nitrogens with zero attached hydrogens (tertiary/aromatic N) is 1. The lowest BCUT2D eigenvalue weighted by Crippen LogP contribution is -2.25. The maximum Gasteiger partial charge on any atom is 0.223 e. The molecule has 2 rings (SSSR count). The Bertz CT molecular complexity index is 296. The second-order valence-electron chi connectivity index (χ2n) is 3.10. The van der Waals surface area contributed by atoms with Crippen LogP contribution in [-0.4, -0.2) is 22.7 Å². The number of aromatic amines is 1. The molecule has 5 heteroatoms. The fourth-order valence-corrected chi connectivity index (χ4v) is 1.61. The van der Waals surface area contributed by atoms with Gasteiger partial charge in [-0.25, -0.2) is 0 Å². The number of ether oxygens (including phenoxy) is 1. The highest BCUT2D eigenvalue weighted by atomic mass is 16.5. The molecule has 3 N–H and O–H groups in total. The first-order chi connectivity index (χ1) is 6.29. The SMILES string of the molecule is NC(=O)[C@@H]1CCO[C@H]1c1ccn[nH]1. The van der Waals surface area contributed by atoms with E-state index in [1.54, 1.807) is 12.3 Å². The molecule has 70 valence electrons. The minimum absolute atomic E-state index is 0.222. The van der Waals surface area contributed by atoms with Gasteiger partial charge in [-0.05, 0) is 12.5 Å². The van der Waals surface area contributed by atoms with Crippen molar-refractivity contribution in [3.8, 4) is 0 Å². The lowest BCUT2D eigenvalue weighted by Gasteiger charge is -2.12. The Morgan fingerprint density at radius 3 is 3.23 bits per heavy atom. The van der Waals surface area contributed by atoms with Crippen LogP contribution in [0.5, 0.6) is 0 Å². The number of hydrogen-bond acceptors (Lipinski definition) is 3. The van der Waals surface area contributed by atoms with Gasteiger partial charge in [0, 0.05) is 12.8 Å². The van der Waals surface area contributed by atoms with E-state index >= 15 is 0 Å². The lowest BCUT2D eigenvalue weighted by atomic mass is 9.99. The van der Waals surface area contributed by atoms with Gasteiger partial charge in [-0.2, -0.15) is 5.10 Å². The summed E-state index contributed by atoms with van der Waals surface area (Å²) in [7, 11) is 0. The monoisotopic (exact) mass is 181 g/mol. The highest BCUT2D eigenvalue weighted by Gasteiger charge is 2.34. The number of H-pyrrole nitrogens is 1. The van der Waals surface area contributed by atoms with Crippen LogP contribution in [0.25, 0.3) is 0 Å². The molecule has 0 unspecified atom stereocenters. The quantitative estimate of drug-likeness (QED) is 0.672. The van der Waals surface area contributed by atoms with Crippen molar-refractivity contribution < 1.29 is 9.53 Å². The van der Waals surface area contributed by atoms with Crippen LogP contribution in [0.2, 0.25) is 0 Å². The largest absolute Gasteiger partial charge is 0.371 e. The second-order valence-corrected chi connectivity index (χ2v) is 3.10. The summed E-state index contributed by atoms with van der Waals surface area (Å²) in [5, 5.41) is 6.58. The molecule has 1 fully saturated rings. The molecule has 5 nitrogen and oxygen atoms in total. The zero-order chi connectivity index (χ0) is 9.26. The van der Waals surface area contributed by atoms with E-state index < -0.39 is 0 Å². The van der Waals surface area contributed by atoms with Gasteiger partial charge in [0.25, 0.3) is 0 Å². The van der Waals surface area contributed by atoms with Crippen LogP contribution in [0.15, 0.2) is 12.3 Å². The van der Waals surface area contributed by atoms with Crippen molar-refractivity contribution in [3.05, 3.63) is 18.0 Å². The molecule has 1 aromatic rings. The maximum atomic E-state index is 11.0. The number of carbonyl (C=O) groups excluding carboxylic acids is 1. The van der Waals surface area contributed by atoms with Crippen LogP contribution < -0.4 is 5.73 Å². The molecule has 1 saturated heterocycles. The van der Waals surface area contributed by atoms with E-state index in [0.717, 1.165) is 5.69 Å². The Balaban J connectivity index is 2.19. The molecular weight excluding hydrogens is 170 g/mol. The van der Waals surface area contributed by atoms with Crippen molar-refractivity contribution >= 4 is 5.91 Å². The average Bonchev–Trinajstić information content (AvgIpc) is 2.74. The number of primary amides is 1. The van der Waals surface area contributed by atoms with E-state index in [0.29, 0.717) is 13.0 Å². The zero-order valence-electron chi connectivity index (χ0n) is 7.06. The minimum atomic E-state index is -0.308. The maximum absolute atomic E-state index is 11.0. The Labute approximate surface area is 75.3 Å². The average molecular weight is 181 g/mol.